The smallest absolute Gasteiger partial charge is 0.250 e. The standard InChI is InChI=1S/C23H23N3O/c1-17-21(23(25)27)15-22(20-12-10-19(16-24)11-13-20)26(17)14-6-5-9-18-7-3-2-4-8-18/h2-4,7-8,10-13,15H,5-6,9,14H2,1H3,(H2,25,27). The number of primary amides is 1. The van der Waals surface area contributed by atoms with Gasteiger partial charge in [0, 0.05) is 17.9 Å². The van der Waals surface area contributed by atoms with E-state index < -0.39 is 5.91 Å². The predicted octanol–water partition coefficient (Wildman–Crippen LogP) is 4.46. The third-order valence-electron chi connectivity index (χ3n) is 4.88. The van der Waals surface area contributed by atoms with Crippen molar-refractivity contribution in [1.82, 2.24) is 4.57 Å². The molecule has 0 saturated heterocycles. The third kappa shape index (κ3) is 4.27. The first-order valence-electron chi connectivity index (χ1n) is 9.14. The minimum Gasteiger partial charge on any atom is -0.366 e. The fourth-order valence-electron chi connectivity index (χ4n) is 3.38. The molecule has 0 unspecified atom stereocenters. The molecule has 0 saturated carbocycles. The average molecular weight is 357 g/mol. The number of unbranched alkanes of at least 4 members (excludes halogenated alkanes) is 1. The summed E-state index contributed by atoms with van der Waals surface area (Å²) in [5.41, 5.74) is 10.9. The maximum absolute atomic E-state index is 11.8. The molecule has 0 aliphatic carbocycles. The molecule has 0 fully saturated rings. The first-order chi connectivity index (χ1) is 13.1. The maximum atomic E-state index is 11.8. The van der Waals surface area contributed by atoms with Crippen molar-refractivity contribution in [3.05, 3.63) is 83.0 Å². The van der Waals surface area contributed by atoms with Crippen LogP contribution in [0.5, 0.6) is 0 Å². The number of rotatable bonds is 7. The van der Waals surface area contributed by atoms with Crippen molar-refractivity contribution in [3.63, 3.8) is 0 Å². The van der Waals surface area contributed by atoms with Gasteiger partial charge in [0.25, 0.3) is 5.91 Å². The van der Waals surface area contributed by atoms with Crippen LogP contribution in [0.15, 0.2) is 60.7 Å². The number of nitrogens with zero attached hydrogens (tertiary/aromatic N) is 2. The summed E-state index contributed by atoms with van der Waals surface area (Å²) in [6.45, 7) is 2.76. The SMILES string of the molecule is Cc1c(C(N)=O)cc(-c2ccc(C#N)cc2)n1CCCCc1ccccc1. The molecule has 0 bridgehead atoms. The predicted molar refractivity (Wildman–Crippen MR) is 107 cm³/mol. The molecule has 0 aliphatic rings. The quantitative estimate of drug-likeness (QED) is 0.634. The van der Waals surface area contributed by atoms with E-state index in [-0.39, 0.29) is 0 Å². The second-order valence-electron chi connectivity index (χ2n) is 6.68. The van der Waals surface area contributed by atoms with Gasteiger partial charge in [0.15, 0.2) is 0 Å². The topological polar surface area (TPSA) is 71.8 Å². The Bertz CT molecular complexity index is 963. The van der Waals surface area contributed by atoms with Gasteiger partial charge < -0.3 is 10.3 Å². The first kappa shape index (κ1) is 18.5. The van der Waals surface area contributed by atoms with Crippen molar-refractivity contribution >= 4 is 5.91 Å². The van der Waals surface area contributed by atoms with E-state index in [9.17, 15) is 4.79 Å². The number of amides is 1. The van der Waals surface area contributed by atoms with E-state index in [0.29, 0.717) is 11.1 Å². The minimum absolute atomic E-state index is 0.412. The molecular formula is C23H23N3O. The molecule has 136 valence electrons. The molecule has 2 aromatic carbocycles. The Kier molecular flexibility index (Phi) is 5.73. The Balaban J connectivity index is 1.79. The summed E-state index contributed by atoms with van der Waals surface area (Å²) < 4.78 is 2.16. The normalized spacial score (nSPS) is 10.5. The summed E-state index contributed by atoms with van der Waals surface area (Å²) >= 11 is 0. The van der Waals surface area contributed by atoms with Gasteiger partial charge in [-0.2, -0.15) is 5.26 Å². The van der Waals surface area contributed by atoms with Crippen LogP contribution in [0.3, 0.4) is 0 Å². The van der Waals surface area contributed by atoms with Crippen LogP contribution in [0.25, 0.3) is 11.3 Å². The Morgan fingerprint density at radius 3 is 2.41 bits per heavy atom. The molecule has 0 aliphatic heterocycles. The Hall–Kier alpha value is -3.32. The lowest BCUT2D eigenvalue weighted by atomic mass is 10.1. The largest absolute Gasteiger partial charge is 0.366 e. The van der Waals surface area contributed by atoms with Crippen molar-refractivity contribution in [2.24, 2.45) is 5.73 Å². The molecule has 0 atom stereocenters. The van der Waals surface area contributed by atoms with E-state index >= 15 is 0 Å². The van der Waals surface area contributed by atoms with Gasteiger partial charge in [-0.3, -0.25) is 4.79 Å². The van der Waals surface area contributed by atoms with Crippen molar-refractivity contribution in [2.45, 2.75) is 32.7 Å². The van der Waals surface area contributed by atoms with Gasteiger partial charge in [-0.1, -0.05) is 42.5 Å². The number of hydrogen-bond acceptors (Lipinski definition) is 2. The Morgan fingerprint density at radius 2 is 1.78 bits per heavy atom. The zero-order valence-corrected chi connectivity index (χ0v) is 15.5. The lowest BCUT2D eigenvalue weighted by molar-refractivity contribution is 0.0999. The zero-order chi connectivity index (χ0) is 19.2. The summed E-state index contributed by atoms with van der Waals surface area (Å²) in [6, 6.07) is 21.9. The molecule has 0 radical (unpaired) electrons. The van der Waals surface area contributed by atoms with Crippen molar-refractivity contribution in [3.8, 4) is 17.3 Å². The Labute approximate surface area is 159 Å². The van der Waals surface area contributed by atoms with E-state index in [1.54, 1.807) is 12.1 Å². The highest BCUT2D eigenvalue weighted by molar-refractivity contribution is 5.95. The fourth-order valence-corrected chi connectivity index (χ4v) is 3.38. The van der Waals surface area contributed by atoms with Gasteiger partial charge in [-0.25, -0.2) is 0 Å². The maximum Gasteiger partial charge on any atom is 0.250 e. The minimum atomic E-state index is -0.412. The molecule has 4 nitrogen and oxygen atoms in total. The van der Waals surface area contributed by atoms with Crippen LogP contribution in [-0.4, -0.2) is 10.5 Å². The second kappa shape index (κ2) is 8.37. The average Bonchev–Trinajstić information content (AvgIpc) is 3.03. The molecular weight excluding hydrogens is 334 g/mol. The monoisotopic (exact) mass is 357 g/mol. The molecule has 3 aromatic rings. The van der Waals surface area contributed by atoms with Crippen molar-refractivity contribution in [1.29, 1.82) is 5.26 Å². The number of carbonyl (C=O) groups is 1. The summed E-state index contributed by atoms with van der Waals surface area (Å²) in [5, 5.41) is 9.00. The van der Waals surface area contributed by atoms with Crippen LogP contribution in [0.1, 0.15) is 40.0 Å². The van der Waals surface area contributed by atoms with Crippen LogP contribution in [-0.2, 0) is 13.0 Å². The van der Waals surface area contributed by atoms with E-state index in [4.69, 9.17) is 11.0 Å². The summed E-state index contributed by atoms with van der Waals surface area (Å²) in [7, 11) is 0. The van der Waals surface area contributed by atoms with Crippen LogP contribution in [0.4, 0.5) is 0 Å². The number of carbonyl (C=O) groups excluding carboxylic acids is 1. The van der Waals surface area contributed by atoms with E-state index in [1.165, 1.54) is 5.56 Å². The zero-order valence-electron chi connectivity index (χ0n) is 15.5. The summed E-state index contributed by atoms with van der Waals surface area (Å²) in [6.07, 6.45) is 3.11. The highest BCUT2D eigenvalue weighted by atomic mass is 16.1. The van der Waals surface area contributed by atoms with Crippen LogP contribution < -0.4 is 5.73 Å². The van der Waals surface area contributed by atoms with E-state index in [2.05, 4.69) is 34.9 Å². The van der Waals surface area contributed by atoms with Gasteiger partial charge in [-0.05, 0) is 55.5 Å². The van der Waals surface area contributed by atoms with E-state index in [1.807, 2.05) is 31.2 Å². The summed E-state index contributed by atoms with van der Waals surface area (Å²) in [5.74, 6) is -0.412. The molecule has 3 rings (SSSR count). The Morgan fingerprint density at radius 1 is 1.07 bits per heavy atom. The van der Waals surface area contributed by atoms with Gasteiger partial charge in [-0.15, -0.1) is 0 Å². The molecule has 4 heteroatoms. The molecule has 1 aromatic heterocycles. The summed E-state index contributed by atoms with van der Waals surface area (Å²) in [4.78, 5) is 11.8. The molecule has 1 amide bonds. The lowest BCUT2D eigenvalue weighted by Crippen LogP contribution is -2.12. The molecule has 0 spiro atoms. The number of aryl methyl sites for hydroxylation is 1. The number of nitriles is 1. The van der Waals surface area contributed by atoms with Crippen LogP contribution in [0.2, 0.25) is 0 Å². The lowest BCUT2D eigenvalue weighted by Gasteiger charge is -2.12. The van der Waals surface area contributed by atoms with Crippen molar-refractivity contribution in [2.75, 3.05) is 0 Å². The van der Waals surface area contributed by atoms with Crippen LogP contribution >= 0.6 is 0 Å². The van der Waals surface area contributed by atoms with Gasteiger partial charge in [0.05, 0.1) is 17.2 Å². The van der Waals surface area contributed by atoms with Crippen LogP contribution in [0, 0.1) is 18.3 Å². The van der Waals surface area contributed by atoms with Crippen molar-refractivity contribution < 1.29 is 4.79 Å². The number of hydrogen-bond donors (Lipinski definition) is 1. The highest BCUT2D eigenvalue weighted by Crippen LogP contribution is 2.27. The highest BCUT2D eigenvalue weighted by Gasteiger charge is 2.16. The van der Waals surface area contributed by atoms with Gasteiger partial charge in [0.1, 0.15) is 0 Å². The number of benzene rings is 2. The fraction of sp³-hybridized carbons (Fsp3) is 0.217. The van der Waals surface area contributed by atoms with E-state index in [0.717, 1.165) is 42.8 Å². The molecule has 27 heavy (non-hydrogen) atoms. The number of nitrogens with two attached hydrogens (primary N) is 1. The second-order valence-corrected chi connectivity index (χ2v) is 6.68. The third-order valence-corrected chi connectivity index (χ3v) is 4.88. The van der Waals surface area contributed by atoms with Gasteiger partial charge >= 0.3 is 0 Å². The first-order valence-corrected chi connectivity index (χ1v) is 9.14. The number of aromatic nitrogens is 1. The molecule has 1 heterocycles. The van der Waals surface area contributed by atoms with Gasteiger partial charge in [0.2, 0.25) is 0 Å². The molecule has 2 N–H and O–H groups in total.